The van der Waals surface area contributed by atoms with Gasteiger partial charge in [0, 0.05) is 32.2 Å². The lowest BCUT2D eigenvalue weighted by atomic mass is 10.2. The van der Waals surface area contributed by atoms with Gasteiger partial charge in [0.25, 0.3) is 0 Å². The third kappa shape index (κ3) is 3.38. The van der Waals surface area contributed by atoms with E-state index in [1.165, 1.54) is 17.3 Å². The summed E-state index contributed by atoms with van der Waals surface area (Å²) in [5.41, 5.74) is 2.27. The lowest BCUT2D eigenvalue weighted by Gasteiger charge is -2.11. The normalized spacial score (nSPS) is 10.5. The van der Waals surface area contributed by atoms with E-state index in [9.17, 15) is 4.79 Å². The molecule has 0 aliphatic carbocycles. The van der Waals surface area contributed by atoms with Crippen LogP contribution in [0.5, 0.6) is 0 Å². The van der Waals surface area contributed by atoms with Gasteiger partial charge in [-0.25, -0.2) is 4.98 Å². The van der Waals surface area contributed by atoms with Crippen LogP contribution in [0.4, 0.5) is 0 Å². The van der Waals surface area contributed by atoms with Gasteiger partial charge < -0.3 is 4.90 Å². The van der Waals surface area contributed by atoms with E-state index in [0.717, 1.165) is 10.8 Å². The Hall–Kier alpha value is -1.75. The van der Waals surface area contributed by atoms with Gasteiger partial charge in [-0.15, -0.1) is 0 Å². The summed E-state index contributed by atoms with van der Waals surface area (Å²) in [4.78, 5) is 17.5. The van der Waals surface area contributed by atoms with E-state index < -0.39 is 0 Å². The molecule has 0 radical (unpaired) electrons. The van der Waals surface area contributed by atoms with Crippen LogP contribution in [-0.2, 0) is 4.79 Å². The van der Waals surface area contributed by atoms with Crippen molar-refractivity contribution in [2.24, 2.45) is 0 Å². The molecule has 0 aliphatic heterocycles. The molecule has 1 aromatic heterocycles. The molecule has 1 heterocycles. The van der Waals surface area contributed by atoms with Crippen LogP contribution in [0.1, 0.15) is 5.56 Å². The molecule has 0 saturated heterocycles. The molecule has 2 rings (SSSR count). The first-order valence-electron chi connectivity index (χ1n) is 6.01. The Kier molecular flexibility index (Phi) is 4.27. The molecule has 1 amide bonds. The van der Waals surface area contributed by atoms with Gasteiger partial charge in [0.2, 0.25) is 5.91 Å². The van der Waals surface area contributed by atoms with Crippen LogP contribution in [0.2, 0.25) is 0 Å². The van der Waals surface area contributed by atoms with Crippen LogP contribution < -0.4 is 0 Å². The summed E-state index contributed by atoms with van der Waals surface area (Å²) in [5, 5.41) is 0.834. The molecule has 0 atom stereocenters. The SMILES string of the molecule is Cc1cccc(-n2ccnc2SCC(=O)N(C)C)c1. The Labute approximate surface area is 117 Å². The minimum atomic E-state index is 0.0868. The Morgan fingerprint density at radius 3 is 2.89 bits per heavy atom. The van der Waals surface area contributed by atoms with E-state index in [-0.39, 0.29) is 5.91 Å². The van der Waals surface area contributed by atoms with Gasteiger partial charge in [-0.1, -0.05) is 23.9 Å². The molecule has 0 bridgehead atoms. The van der Waals surface area contributed by atoms with Crippen LogP contribution in [0.3, 0.4) is 0 Å². The molecule has 0 N–H and O–H groups in total. The number of amides is 1. The van der Waals surface area contributed by atoms with E-state index in [0.29, 0.717) is 5.75 Å². The zero-order chi connectivity index (χ0) is 13.8. The van der Waals surface area contributed by atoms with Gasteiger partial charge in [0.05, 0.1) is 5.75 Å². The number of thioether (sulfide) groups is 1. The number of rotatable bonds is 4. The summed E-state index contributed by atoms with van der Waals surface area (Å²) in [6.07, 6.45) is 3.67. The van der Waals surface area contributed by atoms with E-state index in [4.69, 9.17) is 0 Å². The molecule has 2 aromatic rings. The van der Waals surface area contributed by atoms with Crippen LogP contribution in [0, 0.1) is 6.92 Å². The van der Waals surface area contributed by atoms with Crippen molar-refractivity contribution in [1.82, 2.24) is 14.5 Å². The van der Waals surface area contributed by atoms with Crippen molar-refractivity contribution >= 4 is 17.7 Å². The van der Waals surface area contributed by atoms with Crippen LogP contribution in [0.15, 0.2) is 41.8 Å². The van der Waals surface area contributed by atoms with Crippen molar-refractivity contribution in [2.45, 2.75) is 12.1 Å². The maximum atomic E-state index is 11.6. The predicted molar refractivity (Wildman–Crippen MR) is 77.7 cm³/mol. The van der Waals surface area contributed by atoms with Crippen molar-refractivity contribution in [3.63, 3.8) is 0 Å². The molecular formula is C14H17N3OS. The first-order valence-corrected chi connectivity index (χ1v) is 7.00. The highest BCUT2D eigenvalue weighted by Gasteiger charge is 2.10. The maximum Gasteiger partial charge on any atom is 0.232 e. The lowest BCUT2D eigenvalue weighted by molar-refractivity contribution is -0.125. The van der Waals surface area contributed by atoms with E-state index >= 15 is 0 Å². The quantitative estimate of drug-likeness (QED) is 0.804. The summed E-state index contributed by atoms with van der Waals surface area (Å²) in [6, 6.07) is 8.21. The zero-order valence-electron chi connectivity index (χ0n) is 11.3. The summed E-state index contributed by atoms with van der Waals surface area (Å²) in [7, 11) is 3.52. The maximum absolute atomic E-state index is 11.6. The summed E-state index contributed by atoms with van der Waals surface area (Å²) in [5.74, 6) is 0.485. The average Bonchev–Trinajstić information content (AvgIpc) is 2.84. The lowest BCUT2D eigenvalue weighted by Crippen LogP contribution is -2.23. The minimum Gasteiger partial charge on any atom is -0.348 e. The Bertz CT molecular complexity index is 578. The zero-order valence-corrected chi connectivity index (χ0v) is 12.1. The number of imidazole rings is 1. The first kappa shape index (κ1) is 13.7. The molecule has 1 aromatic carbocycles. The van der Waals surface area contributed by atoms with Gasteiger partial charge >= 0.3 is 0 Å². The van der Waals surface area contributed by atoms with Crippen molar-refractivity contribution in [3.05, 3.63) is 42.2 Å². The van der Waals surface area contributed by atoms with Crippen LogP contribution in [-0.4, -0.2) is 40.2 Å². The summed E-state index contributed by atoms with van der Waals surface area (Å²) < 4.78 is 2.00. The fraction of sp³-hybridized carbons (Fsp3) is 0.286. The molecule has 19 heavy (non-hydrogen) atoms. The number of hydrogen-bond donors (Lipinski definition) is 0. The van der Waals surface area contributed by atoms with Crippen molar-refractivity contribution in [1.29, 1.82) is 0 Å². The molecule has 100 valence electrons. The monoisotopic (exact) mass is 275 g/mol. The van der Waals surface area contributed by atoms with E-state index in [1.54, 1.807) is 25.2 Å². The standard InChI is InChI=1S/C14H17N3OS/c1-11-5-4-6-12(9-11)17-8-7-15-14(17)19-10-13(18)16(2)3/h4-9H,10H2,1-3H3. The number of aromatic nitrogens is 2. The van der Waals surface area contributed by atoms with E-state index in [1.807, 2.05) is 22.9 Å². The number of carbonyl (C=O) groups excluding carboxylic acids is 1. The Morgan fingerprint density at radius 1 is 1.42 bits per heavy atom. The number of hydrogen-bond acceptors (Lipinski definition) is 3. The van der Waals surface area contributed by atoms with Crippen molar-refractivity contribution < 1.29 is 4.79 Å². The minimum absolute atomic E-state index is 0.0868. The number of carbonyl (C=O) groups is 1. The molecule has 0 aliphatic rings. The fourth-order valence-corrected chi connectivity index (χ4v) is 2.58. The third-order valence-corrected chi connectivity index (χ3v) is 3.66. The molecule has 0 fully saturated rings. The molecular weight excluding hydrogens is 258 g/mol. The molecule has 4 nitrogen and oxygen atoms in total. The van der Waals surface area contributed by atoms with Crippen LogP contribution in [0.25, 0.3) is 5.69 Å². The summed E-state index contributed by atoms with van der Waals surface area (Å²) >= 11 is 1.45. The van der Waals surface area contributed by atoms with Gasteiger partial charge in [-0.05, 0) is 24.6 Å². The Morgan fingerprint density at radius 2 is 2.21 bits per heavy atom. The van der Waals surface area contributed by atoms with Crippen molar-refractivity contribution in [3.8, 4) is 5.69 Å². The second-order valence-electron chi connectivity index (χ2n) is 4.50. The smallest absolute Gasteiger partial charge is 0.232 e. The third-order valence-electron chi connectivity index (χ3n) is 2.71. The summed E-state index contributed by atoms with van der Waals surface area (Å²) in [6.45, 7) is 2.06. The second kappa shape index (κ2) is 5.93. The second-order valence-corrected chi connectivity index (χ2v) is 5.44. The van der Waals surface area contributed by atoms with Gasteiger partial charge in [0.1, 0.15) is 0 Å². The highest BCUT2D eigenvalue weighted by atomic mass is 32.2. The number of aryl methyl sites for hydroxylation is 1. The van der Waals surface area contributed by atoms with Crippen LogP contribution >= 0.6 is 11.8 Å². The first-order chi connectivity index (χ1) is 9.08. The Balaban J connectivity index is 2.16. The fourth-order valence-electron chi connectivity index (χ4n) is 1.63. The van der Waals surface area contributed by atoms with Gasteiger partial charge in [-0.3, -0.25) is 9.36 Å². The average molecular weight is 275 g/mol. The molecule has 5 heteroatoms. The molecule has 0 saturated carbocycles. The number of benzene rings is 1. The number of nitrogens with zero attached hydrogens (tertiary/aromatic N) is 3. The highest BCUT2D eigenvalue weighted by Crippen LogP contribution is 2.21. The van der Waals surface area contributed by atoms with Crippen molar-refractivity contribution in [2.75, 3.05) is 19.8 Å². The predicted octanol–water partition coefficient (Wildman–Crippen LogP) is 2.36. The topological polar surface area (TPSA) is 38.1 Å². The van der Waals surface area contributed by atoms with E-state index in [2.05, 4.69) is 24.0 Å². The van der Waals surface area contributed by atoms with Gasteiger partial charge in [-0.2, -0.15) is 0 Å². The van der Waals surface area contributed by atoms with Gasteiger partial charge in [0.15, 0.2) is 5.16 Å². The largest absolute Gasteiger partial charge is 0.348 e. The molecule has 0 spiro atoms. The molecule has 0 unspecified atom stereocenters. The highest BCUT2D eigenvalue weighted by molar-refractivity contribution is 7.99.